The van der Waals surface area contributed by atoms with Crippen molar-refractivity contribution in [2.45, 2.75) is 18.9 Å². The fraction of sp³-hybridized carbons (Fsp3) is 0.308. The largest absolute Gasteiger partial charge is 0.406 e. The van der Waals surface area contributed by atoms with E-state index in [2.05, 4.69) is 20.8 Å². The standard InChI is InChI=1S/C13H12F2N4O2/c14-7-3-4-9(15)8(6-7)11(20)17-13-19-18-12(21-13)10-2-1-5-16-10/h3-4,6,10,16H,1-2,5H2,(H,17,19,20). The highest BCUT2D eigenvalue weighted by Crippen LogP contribution is 2.23. The first-order chi connectivity index (χ1) is 10.1. The molecule has 1 atom stereocenters. The van der Waals surface area contributed by atoms with Crippen LogP contribution in [-0.2, 0) is 0 Å². The number of benzene rings is 1. The summed E-state index contributed by atoms with van der Waals surface area (Å²) in [7, 11) is 0. The SMILES string of the molecule is O=C(Nc1nnc(C2CCCN2)o1)c1cc(F)ccc1F. The topological polar surface area (TPSA) is 80.0 Å². The third-order valence-electron chi connectivity index (χ3n) is 3.19. The van der Waals surface area contributed by atoms with E-state index in [1.54, 1.807) is 0 Å². The van der Waals surface area contributed by atoms with Crippen molar-refractivity contribution in [3.05, 3.63) is 41.3 Å². The lowest BCUT2D eigenvalue weighted by Crippen LogP contribution is -2.14. The second kappa shape index (κ2) is 5.57. The van der Waals surface area contributed by atoms with Gasteiger partial charge in [0, 0.05) is 0 Å². The van der Waals surface area contributed by atoms with Crippen LogP contribution in [0, 0.1) is 11.6 Å². The van der Waals surface area contributed by atoms with Gasteiger partial charge in [-0.3, -0.25) is 10.1 Å². The highest BCUT2D eigenvalue weighted by Gasteiger charge is 2.23. The van der Waals surface area contributed by atoms with Crippen LogP contribution in [0.15, 0.2) is 22.6 Å². The van der Waals surface area contributed by atoms with E-state index in [4.69, 9.17) is 4.42 Å². The summed E-state index contributed by atoms with van der Waals surface area (Å²) in [4.78, 5) is 11.9. The fourth-order valence-electron chi connectivity index (χ4n) is 2.16. The van der Waals surface area contributed by atoms with Gasteiger partial charge in [0.1, 0.15) is 11.6 Å². The van der Waals surface area contributed by atoms with Gasteiger partial charge in [0.25, 0.3) is 5.91 Å². The molecule has 0 aliphatic carbocycles. The molecule has 2 heterocycles. The van der Waals surface area contributed by atoms with Crippen molar-refractivity contribution in [1.29, 1.82) is 0 Å². The Labute approximate surface area is 118 Å². The normalized spacial score (nSPS) is 17.9. The van der Waals surface area contributed by atoms with Crippen molar-refractivity contribution in [2.75, 3.05) is 11.9 Å². The minimum absolute atomic E-state index is 0.0333. The maximum absolute atomic E-state index is 13.5. The number of nitrogens with zero attached hydrogens (tertiary/aromatic N) is 2. The first-order valence-corrected chi connectivity index (χ1v) is 6.46. The monoisotopic (exact) mass is 294 g/mol. The molecule has 1 saturated heterocycles. The lowest BCUT2D eigenvalue weighted by molar-refractivity contribution is 0.101. The van der Waals surface area contributed by atoms with E-state index >= 15 is 0 Å². The minimum atomic E-state index is -0.846. The molecule has 8 heteroatoms. The Balaban J connectivity index is 1.74. The number of halogens is 2. The molecule has 21 heavy (non-hydrogen) atoms. The van der Waals surface area contributed by atoms with Gasteiger partial charge in [-0.1, -0.05) is 5.10 Å². The van der Waals surface area contributed by atoms with Crippen LogP contribution in [0.25, 0.3) is 0 Å². The summed E-state index contributed by atoms with van der Waals surface area (Å²) in [6.45, 7) is 0.864. The van der Waals surface area contributed by atoms with Crippen LogP contribution in [0.2, 0.25) is 0 Å². The van der Waals surface area contributed by atoms with Crippen LogP contribution in [0.4, 0.5) is 14.8 Å². The smallest absolute Gasteiger partial charge is 0.322 e. The van der Waals surface area contributed by atoms with Gasteiger partial charge in [-0.25, -0.2) is 8.78 Å². The number of hydrogen-bond donors (Lipinski definition) is 2. The molecule has 1 aromatic heterocycles. The van der Waals surface area contributed by atoms with Crippen molar-refractivity contribution < 1.29 is 18.0 Å². The lowest BCUT2D eigenvalue weighted by atomic mass is 10.2. The molecule has 1 unspecified atom stereocenters. The van der Waals surface area contributed by atoms with Crippen molar-refractivity contribution in [2.24, 2.45) is 0 Å². The molecular weight excluding hydrogens is 282 g/mol. The molecule has 3 rings (SSSR count). The summed E-state index contributed by atoms with van der Waals surface area (Å²) < 4.78 is 31.8. The van der Waals surface area contributed by atoms with E-state index < -0.39 is 23.1 Å². The Morgan fingerprint density at radius 1 is 1.38 bits per heavy atom. The summed E-state index contributed by atoms with van der Waals surface area (Å²) in [5.74, 6) is -2.02. The highest BCUT2D eigenvalue weighted by atomic mass is 19.1. The van der Waals surface area contributed by atoms with Crippen LogP contribution in [0.1, 0.15) is 35.1 Å². The number of amides is 1. The van der Waals surface area contributed by atoms with Crippen LogP contribution in [0.5, 0.6) is 0 Å². The van der Waals surface area contributed by atoms with E-state index in [0.717, 1.165) is 37.6 Å². The molecule has 0 spiro atoms. The number of carbonyl (C=O) groups excluding carboxylic acids is 1. The molecule has 1 fully saturated rings. The van der Waals surface area contributed by atoms with Gasteiger partial charge < -0.3 is 9.73 Å². The molecule has 1 aliphatic rings. The van der Waals surface area contributed by atoms with Crippen LogP contribution in [0.3, 0.4) is 0 Å². The number of nitrogens with one attached hydrogen (secondary N) is 2. The molecular formula is C13H12F2N4O2. The lowest BCUT2D eigenvalue weighted by Gasteiger charge is -2.03. The van der Waals surface area contributed by atoms with Gasteiger partial charge in [0.05, 0.1) is 11.6 Å². The molecule has 1 aliphatic heterocycles. The first-order valence-electron chi connectivity index (χ1n) is 6.46. The number of aromatic nitrogens is 2. The Kier molecular flexibility index (Phi) is 3.61. The zero-order valence-electron chi connectivity index (χ0n) is 10.9. The summed E-state index contributed by atoms with van der Waals surface area (Å²) in [5, 5.41) is 12.9. The van der Waals surface area contributed by atoms with Crippen LogP contribution in [-0.4, -0.2) is 22.6 Å². The van der Waals surface area contributed by atoms with Gasteiger partial charge in [-0.2, -0.15) is 0 Å². The molecule has 2 aromatic rings. The van der Waals surface area contributed by atoms with Gasteiger partial charge >= 0.3 is 6.01 Å². The van der Waals surface area contributed by atoms with Gasteiger partial charge in [-0.05, 0) is 37.6 Å². The van der Waals surface area contributed by atoms with Gasteiger partial charge in [0.15, 0.2) is 0 Å². The van der Waals surface area contributed by atoms with Crippen LogP contribution >= 0.6 is 0 Å². The van der Waals surface area contributed by atoms with Crippen molar-refractivity contribution in [3.63, 3.8) is 0 Å². The number of hydrogen-bond acceptors (Lipinski definition) is 5. The maximum atomic E-state index is 13.5. The van der Waals surface area contributed by atoms with Crippen LogP contribution < -0.4 is 10.6 Å². The third kappa shape index (κ3) is 2.89. The van der Waals surface area contributed by atoms with Crippen molar-refractivity contribution >= 4 is 11.9 Å². The molecule has 0 radical (unpaired) electrons. The minimum Gasteiger partial charge on any atom is -0.406 e. The van der Waals surface area contributed by atoms with E-state index in [1.807, 2.05) is 0 Å². The summed E-state index contributed by atoms with van der Waals surface area (Å²) in [6, 6.07) is 2.44. The second-order valence-electron chi connectivity index (χ2n) is 4.67. The quantitative estimate of drug-likeness (QED) is 0.905. The third-order valence-corrected chi connectivity index (χ3v) is 3.19. The average Bonchev–Trinajstić information content (AvgIpc) is 3.11. The molecule has 2 N–H and O–H groups in total. The summed E-state index contributed by atoms with van der Waals surface area (Å²) in [5.41, 5.74) is -0.422. The Morgan fingerprint density at radius 3 is 3.00 bits per heavy atom. The molecule has 110 valence electrons. The average molecular weight is 294 g/mol. The molecule has 1 amide bonds. The summed E-state index contributed by atoms with van der Waals surface area (Å²) >= 11 is 0. The second-order valence-corrected chi connectivity index (χ2v) is 4.67. The zero-order valence-corrected chi connectivity index (χ0v) is 10.9. The van der Waals surface area contributed by atoms with Crippen molar-refractivity contribution in [3.8, 4) is 0 Å². The molecule has 0 saturated carbocycles. The first kappa shape index (κ1) is 13.6. The highest BCUT2D eigenvalue weighted by molar-refractivity contribution is 6.03. The number of anilines is 1. The van der Waals surface area contributed by atoms with Gasteiger partial charge in [-0.15, -0.1) is 5.10 Å². The Morgan fingerprint density at radius 2 is 2.24 bits per heavy atom. The van der Waals surface area contributed by atoms with Crippen molar-refractivity contribution in [1.82, 2.24) is 15.5 Å². The molecule has 6 nitrogen and oxygen atoms in total. The van der Waals surface area contributed by atoms with E-state index in [-0.39, 0.29) is 12.1 Å². The van der Waals surface area contributed by atoms with Gasteiger partial charge in [0.2, 0.25) is 5.89 Å². The van der Waals surface area contributed by atoms with E-state index in [9.17, 15) is 13.6 Å². The summed E-state index contributed by atoms with van der Waals surface area (Å²) in [6.07, 6.45) is 1.87. The molecule has 1 aromatic carbocycles. The van der Waals surface area contributed by atoms with E-state index in [0.29, 0.717) is 5.89 Å². The zero-order chi connectivity index (χ0) is 14.8. The van der Waals surface area contributed by atoms with E-state index in [1.165, 1.54) is 0 Å². The maximum Gasteiger partial charge on any atom is 0.322 e. The molecule has 0 bridgehead atoms. The number of rotatable bonds is 3. The predicted octanol–water partition coefficient (Wildman–Crippen LogP) is 2.02. The fourth-order valence-corrected chi connectivity index (χ4v) is 2.16. The Hall–Kier alpha value is -2.35. The number of carbonyl (C=O) groups is 1. The predicted molar refractivity (Wildman–Crippen MR) is 68.6 cm³/mol. The Bertz CT molecular complexity index is 668.